The zero-order chi connectivity index (χ0) is 22.9. The number of carbonyl (C=O) groups excluding carboxylic acids is 2. The van der Waals surface area contributed by atoms with Crippen LogP contribution in [0.1, 0.15) is 27.7 Å². The number of benzene rings is 2. The lowest BCUT2D eigenvalue weighted by molar-refractivity contribution is -0.117. The predicted molar refractivity (Wildman–Crippen MR) is 123 cm³/mol. The van der Waals surface area contributed by atoms with Crippen LogP contribution in [0.25, 0.3) is 6.08 Å². The van der Waals surface area contributed by atoms with Gasteiger partial charge in [0, 0.05) is 18.2 Å². The van der Waals surface area contributed by atoms with E-state index in [-0.39, 0.29) is 17.6 Å². The van der Waals surface area contributed by atoms with Gasteiger partial charge in [0.25, 0.3) is 11.8 Å². The molecule has 2 aromatic carbocycles. The molecule has 2 amide bonds. The van der Waals surface area contributed by atoms with Gasteiger partial charge in [-0.1, -0.05) is 30.3 Å². The predicted octanol–water partition coefficient (Wildman–Crippen LogP) is 3.48. The van der Waals surface area contributed by atoms with Gasteiger partial charge < -0.3 is 24.7 Å². The van der Waals surface area contributed by atoms with Crippen molar-refractivity contribution >= 4 is 17.9 Å². The van der Waals surface area contributed by atoms with Gasteiger partial charge in [-0.05, 0) is 56.1 Å². The maximum Gasteiger partial charge on any atom is 0.268 e. The number of hydrogen-bond acceptors (Lipinski definition) is 5. The zero-order valence-electron chi connectivity index (χ0n) is 18.4. The van der Waals surface area contributed by atoms with E-state index in [0.29, 0.717) is 17.9 Å². The minimum atomic E-state index is -0.411. The molecule has 1 atom stereocenters. The van der Waals surface area contributed by atoms with Gasteiger partial charge in [0.2, 0.25) is 0 Å². The molecule has 0 radical (unpaired) electrons. The number of ether oxygens (including phenoxy) is 1. The van der Waals surface area contributed by atoms with E-state index in [1.54, 1.807) is 43.5 Å². The number of nitrogens with zero attached hydrogens (tertiary/aromatic N) is 1. The first-order chi connectivity index (χ1) is 15.5. The molecule has 2 N–H and O–H groups in total. The van der Waals surface area contributed by atoms with Crippen LogP contribution in [0.3, 0.4) is 0 Å². The van der Waals surface area contributed by atoms with Crippen molar-refractivity contribution in [3.8, 4) is 5.75 Å². The molecule has 0 aliphatic carbocycles. The first kappa shape index (κ1) is 22.8. The lowest BCUT2D eigenvalue weighted by Gasteiger charge is -2.25. The molecule has 0 aliphatic heterocycles. The number of furan rings is 1. The van der Waals surface area contributed by atoms with Crippen LogP contribution in [0.5, 0.6) is 5.75 Å². The summed E-state index contributed by atoms with van der Waals surface area (Å²) in [6, 6.07) is 19.8. The van der Waals surface area contributed by atoms with Crippen molar-refractivity contribution in [3.63, 3.8) is 0 Å². The molecule has 0 spiro atoms. The fraction of sp³-hybridized carbons (Fsp3) is 0.200. The fourth-order valence-electron chi connectivity index (χ4n) is 3.17. The highest BCUT2D eigenvalue weighted by atomic mass is 16.5. The van der Waals surface area contributed by atoms with E-state index < -0.39 is 5.91 Å². The summed E-state index contributed by atoms with van der Waals surface area (Å²) in [4.78, 5) is 27.7. The number of carbonyl (C=O) groups is 2. The van der Waals surface area contributed by atoms with Crippen molar-refractivity contribution in [2.45, 2.75) is 6.04 Å². The summed E-state index contributed by atoms with van der Waals surface area (Å²) in [5.41, 5.74) is 1.58. The van der Waals surface area contributed by atoms with Crippen LogP contribution in [-0.4, -0.2) is 44.5 Å². The third-order valence-electron chi connectivity index (χ3n) is 4.94. The summed E-state index contributed by atoms with van der Waals surface area (Å²) in [6.07, 6.45) is 3.01. The summed E-state index contributed by atoms with van der Waals surface area (Å²) in [5.74, 6) is 0.439. The summed E-state index contributed by atoms with van der Waals surface area (Å²) in [7, 11) is 5.50. The normalized spacial score (nSPS) is 12.3. The Morgan fingerprint density at radius 2 is 1.75 bits per heavy atom. The lowest BCUT2D eigenvalue weighted by atomic mass is 10.1. The molecule has 0 aliphatic rings. The Morgan fingerprint density at radius 3 is 2.34 bits per heavy atom. The molecule has 1 heterocycles. The van der Waals surface area contributed by atoms with E-state index in [1.807, 2.05) is 49.3 Å². The first-order valence-electron chi connectivity index (χ1n) is 10.2. The van der Waals surface area contributed by atoms with Crippen LogP contribution in [0.4, 0.5) is 0 Å². The Hall–Kier alpha value is -3.84. The first-order valence-corrected chi connectivity index (χ1v) is 10.2. The number of rotatable bonds is 9. The molecule has 7 nitrogen and oxygen atoms in total. The number of methoxy groups -OCH3 is 1. The highest BCUT2D eigenvalue weighted by Gasteiger charge is 2.19. The van der Waals surface area contributed by atoms with Crippen molar-refractivity contribution in [1.29, 1.82) is 0 Å². The molecular weight excluding hydrogens is 406 g/mol. The molecule has 0 saturated heterocycles. The van der Waals surface area contributed by atoms with Gasteiger partial charge in [0.1, 0.15) is 17.2 Å². The topological polar surface area (TPSA) is 83.8 Å². The molecule has 0 fully saturated rings. The molecule has 1 aromatic heterocycles. The number of amides is 2. The molecular formula is C25H27N3O4. The van der Waals surface area contributed by atoms with Crippen LogP contribution in [0, 0.1) is 0 Å². The van der Waals surface area contributed by atoms with Crippen molar-refractivity contribution in [3.05, 3.63) is 95.6 Å². The molecule has 0 bridgehead atoms. The Labute approximate surface area is 187 Å². The number of nitrogens with one attached hydrogen (secondary N) is 2. The average Bonchev–Trinajstić information content (AvgIpc) is 3.32. The average molecular weight is 434 g/mol. The Bertz CT molecular complexity index is 1040. The standard InChI is InChI=1S/C25H27N3O4/c1-28(2)23(18-11-13-20(31-3)14-12-18)17-26-25(30)22(16-21-10-7-15-32-21)27-24(29)19-8-5-4-6-9-19/h4-16,23H,17H2,1-3H3,(H,26,30)(H,27,29). The summed E-state index contributed by atoms with van der Waals surface area (Å²) >= 11 is 0. The van der Waals surface area contributed by atoms with Crippen molar-refractivity contribution in [2.75, 3.05) is 27.7 Å². The van der Waals surface area contributed by atoms with Crippen LogP contribution in [-0.2, 0) is 4.79 Å². The second kappa shape index (κ2) is 11.0. The van der Waals surface area contributed by atoms with Crippen LogP contribution in [0.2, 0.25) is 0 Å². The Balaban J connectivity index is 1.75. The third-order valence-corrected chi connectivity index (χ3v) is 4.94. The third kappa shape index (κ3) is 6.09. The van der Waals surface area contributed by atoms with Gasteiger partial charge in [0.05, 0.1) is 19.4 Å². The number of hydrogen-bond donors (Lipinski definition) is 2. The maximum absolute atomic E-state index is 13.0. The Morgan fingerprint density at radius 1 is 1.03 bits per heavy atom. The van der Waals surface area contributed by atoms with E-state index in [9.17, 15) is 9.59 Å². The SMILES string of the molecule is COc1ccc(C(CNC(=O)C(=Cc2ccco2)NC(=O)c2ccccc2)N(C)C)cc1. The molecule has 3 rings (SSSR count). The summed E-state index contributed by atoms with van der Waals surface area (Å²) in [5, 5.41) is 5.62. The van der Waals surface area contributed by atoms with Crippen molar-refractivity contribution in [2.24, 2.45) is 0 Å². The minimum Gasteiger partial charge on any atom is -0.497 e. The van der Waals surface area contributed by atoms with E-state index in [0.717, 1.165) is 11.3 Å². The molecule has 3 aromatic rings. The lowest BCUT2D eigenvalue weighted by Crippen LogP contribution is -2.39. The van der Waals surface area contributed by atoms with E-state index in [2.05, 4.69) is 10.6 Å². The van der Waals surface area contributed by atoms with E-state index in [1.165, 1.54) is 12.3 Å². The van der Waals surface area contributed by atoms with Crippen LogP contribution in [0.15, 0.2) is 83.1 Å². The minimum absolute atomic E-state index is 0.0699. The summed E-state index contributed by atoms with van der Waals surface area (Å²) in [6.45, 7) is 0.342. The molecule has 0 saturated carbocycles. The van der Waals surface area contributed by atoms with Gasteiger partial charge in [-0.2, -0.15) is 0 Å². The summed E-state index contributed by atoms with van der Waals surface area (Å²) < 4.78 is 10.6. The van der Waals surface area contributed by atoms with Gasteiger partial charge in [-0.25, -0.2) is 0 Å². The highest BCUT2D eigenvalue weighted by Crippen LogP contribution is 2.21. The number of likely N-dealkylation sites (N-methyl/N-ethyl adjacent to an activating group) is 1. The molecule has 166 valence electrons. The van der Waals surface area contributed by atoms with Gasteiger partial charge >= 0.3 is 0 Å². The highest BCUT2D eigenvalue weighted by molar-refractivity contribution is 6.05. The van der Waals surface area contributed by atoms with Gasteiger partial charge in [-0.15, -0.1) is 0 Å². The van der Waals surface area contributed by atoms with E-state index in [4.69, 9.17) is 9.15 Å². The fourth-order valence-corrected chi connectivity index (χ4v) is 3.17. The largest absolute Gasteiger partial charge is 0.497 e. The van der Waals surface area contributed by atoms with Gasteiger partial charge in [0.15, 0.2) is 0 Å². The second-order valence-electron chi connectivity index (χ2n) is 7.36. The molecule has 1 unspecified atom stereocenters. The quantitative estimate of drug-likeness (QED) is 0.505. The Kier molecular flexibility index (Phi) is 7.83. The molecule has 7 heteroatoms. The maximum atomic E-state index is 13.0. The smallest absolute Gasteiger partial charge is 0.268 e. The van der Waals surface area contributed by atoms with E-state index >= 15 is 0 Å². The zero-order valence-corrected chi connectivity index (χ0v) is 18.4. The van der Waals surface area contributed by atoms with Crippen molar-refractivity contribution < 1.29 is 18.7 Å². The second-order valence-corrected chi connectivity index (χ2v) is 7.36. The molecule has 32 heavy (non-hydrogen) atoms. The van der Waals surface area contributed by atoms with Gasteiger partial charge in [-0.3, -0.25) is 9.59 Å². The van der Waals surface area contributed by atoms with Crippen LogP contribution < -0.4 is 15.4 Å². The van der Waals surface area contributed by atoms with Crippen molar-refractivity contribution in [1.82, 2.24) is 15.5 Å². The monoisotopic (exact) mass is 433 g/mol. The van der Waals surface area contributed by atoms with Crippen LogP contribution >= 0.6 is 0 Å².